The second-order valence-corrected chi connectivity index (χ2v) is 20.1. The van der Waals surface area contributed by atoms with E-state index in [2.05, 4.69) is 20.6 Å². The molecule has 0 spiro atoms. The highest BCUT2D eigenvalue weighted by molar-refractivity contribution is 7.91. The molecule has 2 aromatic heterocycles. The van der Waals surface area contributed by atoms with Crippen molar-refractivity contribution in [2.45, 2.75) is 86.8 Å². The zero-order valence-corrected chi connectivity index (χ0v) is 28.6. The first-order valence-corrected chi connectivity index (χ1v) is 20.4. The number of fused-ring (bicyclic) bond motifs is 2. The van der Waals surface area contributed by atoms with Crippen molar-refractivity contribution >= 4 is 75.0 Å². The third-order valence-corrected chi connectivity index (χ3v) is 16.4. The van der Waals surface area contributed by atoms with Gasteiger partial charge in [0.15, 0.2) is 10.3 Å². The molecule has 47 heavy (non-hydrogen) atoms. The van der Waals surface area contributed by atoms with Crippen molar-refractivity contribution < 1.29 is 18.0 Å². The molecule has 0 aliphatic heterocycles. The molecule has 0 unspecified atom stereocenters. The summed E-state index contributed by atoms with van der Waals surface area (Å²) in [7, 11) is -3.83. The number of hydrogen-bond acceptors (Lipinski definition) is 8. The van der Waals surface area contributed by atoms with Gasteiger partial charge in [0, 0.05) is 0 Å². The summed E-state index contributed by atoms with van der Waals surface area (Å²) in [6, 6.07) is 9.96. The molecule has 244 valence electrons. The van der Waals surface area contributed by atoms with Gasteiger partial charge in [-0.2, -0.15) is 0 Å². The second kappa shape index (κ2) is 10.1. The van der Waals surface area contributed by atoms with Crippen LogP contribution >= 0.6 is 22.7 Å². The third kappa shape index (κ3) is 4.65. The molecular formula is C36H38N4O4S3. The molecule has 2 aromatic carbocycles. The lowest BCUT2D eigenvalue weighted by Crippen LogP contribution is -2.51. The van der Waals surface area contributed by atoms with Gasteiger partial charge in [0.25, 0.3) is 0 Å². The van der Waals surface area contributed by atoms with Gasteiger partial charge in [-0.15, -0.1) is 0 Å². The Balaban J connectivity index is 0.876. The van der Waals surface area contributed by atoms with E-state index in [4.69, 9.17) is 0 Å². The number of anilines is 2. The van der Waals surface area contributed by atoms with Crippen LogP contribution in [0.15, 0.2) is 46.2 Å². The maximum Gasteiger partial charge on any atom is 0.232 e. The van der Waals surface area contributed by atoms with E-state index in [1.807, 2.05) is 0 Å². The van der Waals surface area contributed by atoms with Gasteiger partial charge in [-0.05, 0) is 149 Å². The van der Waals surface area contributed by atoms with Crippen molar-refractivity contribution in [1.82, 2.24) is 9.97 Å². The van der Waals surface area contributed by atoms with Gasteiger partial charge in [0.1, 0.15) is 0 Å². The standard InChI is InChI=1S/C36H38N4O4S3/c41-31(35-13-19-5-20(14-35)7-21(6-19)15-35)39-33-37-27-3-1-25(11-29(27)45-33)47(43,44)26-2-4-28-30(12-26)46-34(38-28)40-32(42)36-16-22-8-23(17-36)10-24(9-22)18-36/h1-4,11-12,19-24H,5-10,13-18H2,(H,37,39,41)(H,38,40,42). The zero-order chi connectivity index (χ0) is 31.7. The van der Waals surface area contributed by atoms with E-state index in [1.54, 1.807) is 36.4 Å². The number of amides is 2. The third-order valence-electron chi connectivity index (χ3n) is 12.8. The number of nitrogens with one attached hydrogen (secondary N) is 2. The van der Waals surface area contributed by atoms with E-state index in [1.165, 1.54) is 61.2 Å². The van der Waals surface area contributed by atoms with Crippen LogP contribution in [-0.4, -0.2) is 30.2 Å². The van der Waals surface area contributed by atoms with Crippen molar-refractivity contribution in [2.75, 3.05) is 10.6 Å². The van der Waals surface area contributed by atoms with E-state index in [9.17, 15) is 18.0 Å². The van der Waals surface area contributed by atoms with Gasteiger partial charge >= 0.3 is 0 Å². The SMILES string of the molecule is O=C(Nc1nc2ccc(S(=O)(=O)c3ccc4nc(NC(=O)C56CC7CC(CC(C7)C5)C6)sc4c3)cc2s1)C12CC3CC(CC(C3)C1)C2. The summed E-state index contributed by atoms with van der Waals surface area (Å²) < 4.78 is 29.1. The smallest absolute Gasteiger partial charge is 0.232 e. The zero-order valence-electron chi connectivity index (χ0n) is 26.2. The molecule has 8 bridgehead atoms. The summed E-state index contributed by atoms with van der Waals surface area (Å²) in [5, 5.41) is 7.33. The molecule has 8 aliphatic carbocycles. The molecule has 2 amide bonds. The van der Waals surface area contributed by atoms with Crippen molar-refractivity contribution in [3.63, 3.8) is 0 Å². The average molecular weight is 687 g/mol. The second-order valence-electron chi connectivity index (χ2n) is 16.1. The Kier molecular flexibility index (Phi) is 6.23. The monoisotopic (exact) mass is 686 g/mol. The summed E-state index contributed by atoms with van der Waals surface area (Å²) in [4.78, 5) is 36.9. The number of thiazole rings is 2. The maximum absolute atomic E-state index is 13.8. The highest BCUT2D eigenvalue weighted by Gasteiger charge is 2.56. The maximum atomic E-state index is 13.8. The van der Waals surface area contributed by atoms with Crippen LogP contribution in [0.1, 0.15) is 77.0 Å². The number of nitrogens with zero attached hydrogens (tertiary/aromatic N) is 2. The fourth-order valence-corrected chi connectivity index (χ4v) is 14.9. The Labute approximate surface area is 282 Å². The fourth-order valence-electron chi connectivity index (χ4n) is 11.6. The molecule has 2 N–H and O–H groups in total. The van der Waals surface area contributed by atoms with Gasteiger partial charge < -0.3 is 10.6 Å². The van der Waals surface area contributed by atoms with E-state index >= 15 is 0 Å². The molecule has 8 fully saturated rings. The molecule has 12 rings (SSSR count). The Hall–Kier alpha value is -2.89. The average Bonchev–Trinajstić information content (AvgIpc) is 3.61. The number of aromatic nitrogens is 2. The summed E-state index contributed by atoms with van der Waals surface area (Å²) in [6.07, 6.45) is 13.6. The molecular weight excluding hydrogens is 649 g/mol. The van der Waals surface area contributed by atoms with E-state index in [0.717, 1.165) is 47.9 Å². The Morgan fingerprint density at radius 2 is 0.936 bits per heavy atom. The predicted molar refractivity (Wildman–Crippen MR) is 183 cm³/mol. The van der Waals surface area contributed by atoms with Crippen molar-refractivity contribution in [2.24, 2.45) is 46.3 Å². The number of rotatable bonds is 6. The first-order chi connectivity index (χ1) is 22.6. The van der Waals surface area contributed by atoms with E-state index < -0.39 is 9.84 Å². The van der Waals surface area contributed by atoms with Crippen LogP contribution in [0.25, 0.3) is 20.4 Å². The summed E-state index contributed by atoms with van der Waals surface area (Å²) in [5.41, 5.74) is 0.807. The summed E-state index contributed by atoms with van der Waals surface area (Å²) in [5.74, 6) is 4.25. The minimum atomic E-state index is -3.83. The first-order valence-electron chi connectivity index (χ1n) is 17.3. The van der Waals surface area contributed by atoms with Crippen molar-refractivity contribution in [1.29, 1.82) is 0 Å². The van der Waals surface area contributed by atoms with Gasteiger partial charge in [0.2, 0.25) is 21.7 Å². The van der Waals surface area contributed by atoms with Crippen LogP contribution in [-0.2, 0) is 19.4 Å². The quantitative estimate of drug-likeness (QED) is 0.212. The molecule has 0 atom stereocenters. The van der Waals surface area contributed by atoms with Crippen LogP contribution in [0.3, 0.4) is 0 Å². The van der Waals surface area contributed by atoms with Crippen LogP contribution in [0.5, 0.6) is 0 Å². The van der Waals surface area contributed by atoms with Gasteiger partial charge in [-0.1, -0.05) is 22.7 Å². The number of carbonyl (C=O) groups is 2. The van der Waals surface area contributed by atoms with E-state index in [-0.39, 0.29) is 32.4 Å². The minimum Gasteiger partial charge on any atom is -0.301 e. The molecule has 0 radical (unpaired) electrons. The highest BCUT2D eigenvalue weighted by atomic mass is 32.2. The fraction of sp³-hybridized carbons (Fsp3) is 0.556. The molecule has 8 nitrogen and oxygen atoms in total. The van der Waals surface area contributed by atoms with Crippen molar-refractivity contribution in [3.05, 3.63) is 36.4 Å². The minimum absolute atomic E-state index is 0.0925. The lowest BCUT2D eigenvalue weighted by molar-refractivity contribution is -0.141. The van der Waals surface area contributed by atoms with Crippen LogP contribution in [0, 0.1) is 46.3 Å². The first kappa shape index (κ1) is 29.1. The van der Waals surface area contributed by atoms with Gasteiger partial charge in [-0.25, -0.2) is 18.4 Å². The topological polar surface area (TPSA) is 118 Å². The van der Waals surface area contributed by atoms with Gasteiger partial charge in [0.05, 0.1) is 41.1 Å². The van der Waals surface area contributed by atoms with Crippen LogP contribution < -0.4 is 10.6 Å². The molecule has 11 heteroatoms. The largest absolute Gasteiger partial charge is 0.301 e. The highest BCUT2D eigenvalue weighted by Crippen LogP contribution is 2.61. The lowest BCUT2D eigenvalue weighted by atomic mass is 9.49. The molecule has 4 aromatic rings. The number of benzene rings is 2. The Morgan fingerprint density at radius 3 is 1.28 bits per heavy atom. The predicted octanol–water partition coefficient (Wildman–Crippen LogP) is 8.05. The van der Waals surface area contributed by atoms with Crippen molar-refractivity contribution in [3.8, 4) is 0 Å². The van der Waals surface area contributed by atoms with Crippen LogP contribution in [0.2, 0.25) is 0 Å². The Morgan fingerprint density at radius 1 is 0.596 bits per heavy atom. The van der Waals surface area contributed by atoms with Crippen LogP contribution in [0.4, 0.5) is 10.3 Å². The number of carbonyl (C=O) groups excluding carboxylic acids is 2. The molecule has 8 aliphatic rings. The molecule has 8 saturated carbocycles. The summed E-state index contributed by atoms with van der Waals surface area (Å²) in [6.45, 7) is 0. The van der Waals surface area contributed by atoms with E-state index in [0.29, 0.717) is 56.8 Å². The molecule has 2 heterocycles. The Bertz CT molecular complexity index is 1890. The summed E-state index contributed by atoms with van der Waals surface area (Å²) >= 11 is 2.66. The normalized spacial score (nSPS) is 35.1. The lowest BCUT2D eigenvalue weighted by Gasteiger charge is -2.55. The molecule has 0 saturated heterocycles. The van der Waals surface area contributed by atoms with Gasteiger partial charge in [-0.3, -0.25) is 9.59 Å². The number of sulfone groups is 1. The number of hydrogen-bond donors (Lipinski definition) is 2.